The molecule has 1 N–H and O–H groups in total. The van der Waals surface area contributed by atoms with Crippen molar-refractivity contribution in [3.05, 3.63) is 26.6 Å². The third-order valence-corrected chi connectivity index (χ3v) is 3.47. The molecular formula is C13H17Br2NO3. The van der Waals surface area contributed by atoms with Crippen LogP contribution in [0.4, 0.5) is 0 Å². The monoisotopic (exact) mass is 393 g/mol. The molecule has 6 heteroatoms. The molecule has 19 heavy (non-hydrogen) atoms. The average Bonchev–Trinajstić information content (AvgIpc) is 2.38. The summed E-state index contributed by atoms with van der Waals surface area (Å²) in [5, 5.41) is 3.20. The molecule has 1 aromatic rings. The van der Waals surface area contributed by atoms with Crippen LogP contribution in [0.1, 0.15) is 18.9 Å². The van der Waals surface area contributed by atoms with E-state index in [1.165, 1.54) is 7.11 Å². The van der Waals surface area contributed by atoms with E-state index in [0.29, 0.717) is 26.1 Å². The number of carbonyl (C=O) groups is 1. The summed E-state index contributed by atoms with van der Waals surface area (Å²) in [5.41, 5.74) is 1.04. The molecule has 0 amide bonds. The summed E-state index contributed by atoms with van der Waals surface area (Å²) in [5.74, 6) is 0.615. The number of hydrogen-bond acceptors (Lipinski definition) is 4. The first-order chi connectivity index (χ1) is 9.08. The molecule has 0 atom stereocenters. The molecule has 0 bridgehead atoms. The molecule has 106 valence electrons. The molecule has 0 aliphatic carbocycles. The highest BCUT2D eigenvalue weighted by Crippen LogP contribution is 2.32. The Balaban J connectivity index is 2.63. The van der Waals surface area contributed by atoms with E-state index >= 15 is 0 Å². The van der Waals surface area contributed by atoms with Crippen LogP contribution in [0.3, 0.4) is 0 Å². The van der Waals surface area contributed by atoms with Crippen LogP contribution < -0.4 is 10.1 Å². The predicted molar refractivity (Wildman–Crippen MR) is 81.4 cm³/mol. The molecule has 1 aromatic carbocycles. The quantitative estimate of drug-likeness (QED) is 0.569. The van der Waals surface area contributed by atoms with E-state index in [-0.39, 0.29) is 5.97 Å². The third kappa shape index (κ3) is 5.50. The van der Waals surface area contributed by atoms with Gasteiger partial charge in [-0.15, -0.1) is 0 Å². The molecule has 0 spiro atoms. The standard InChI is InChI=1S/C13H17Br2NO3/c1-3-19-13-9(6-10(14)7-11(13)15)8-16-5-4-12(17)18-2/h6-7,16H,3-5,8H2,1-2H3. The Morgan fingerprint density at radius 2 is 2.11 bits per heavy atom. The van der Waals surface area contributed by atoms with Crippen molar-refractivity contribution in [1.82, 2.24) is 5.32 Å². The fraction of sp³-hybridized carbons (Fsp3) is 0.462. The Bertz CT molecular complexity index is 438. The second-order valence-corrected chi connectivity index (χ2v) is 5.58. The highest BCUT2D eigenvalue weighted by molar-refractivity contribution is 9.11. The van der Waals surface area contributed by atoms with Crippen molar-refractivity contribution in [2.75, 3.05) is 20.3 Å². The maximum Gasteiger partial charge on any atom is 0.306 e. The van der Waals surface area contributed by atoms with Gasteiger partial charge in [-0.25, -0.2) is 0 Å². The molecule has 0 unspecified atom stereocenters. The predicted octanol–water partition coefficient (Wildman–Crippen LogP) is 3.26. The van der Waals surface area contributed by atoms with Crippen LogP contribution in [0.15, 0.2) is 21.1 Å². The Hall–Kier alpha value is -0.590. The maximum atomic E-state index is 11.0. The first-order valence-electron chi connectivity index (χ1n) is 5.96. The topological polar surface area (TPSA) is 47.6 Å². The molecule has 0 aromatic heterocycles. The number of esters is 1. The van der Waals surface area contributed by atoms with Gasteiger partial charge in [-0.3, -0.25) is 4.79 Å². The van der Waals surface area contributed by atoms with E-state index in [0.717, 1.165) is 20.3 Å². The molecule has 0 aliphatic heterocycles. The van der Waals surface area contributed by atoms with Gasteiger partial charge in [0, 0.05) is 23.1 Å². The Morgan fingerprint density at radius 1 is 1.37 bits per heavy atom. The van der Waals surface area contributed by atoms with Crippen molar-refractivity contribution in [3.63, 3.8) is 0 Å². The summed E-state index contributed by atoms with van der Waals surface area (Å²) in [6, 6.07) is 3.95. The average molecular weight is 395 g/mol. The summed E-state index contributed by atoms with van der Waals surface area (Å²) in [4.78, 5) is 11.0. The van der Waals surface area contributed by atoms with Crippen LogP contribution in [-0.4, -0.2) is 26.2 Å². The zero-order chi connectivity index (χ0) is 14.3. The number of hydrogen-bond donors (Lipinski definition) is 1. The number of benzene rings is 1. The number of ether oxygens (including phenoxy) is 2. The Morgan fingerprint density at radius 3 is 2.74 bits per heavy atom. The van der Waals surface area contributed by atoms with E-state index in [9.17, 15) is 4.79 Å². The minimum absolute atomic E-state index is 0.215. The second-order valence-electron chi connectivity index (χ2n) is 3.81. The summed E-state index contributed by atoms with van der Waals surface area (Å²) < 4.78 is 12.1. The van der Waals surface area contributed by atoms with Gasteiger partial charge in [0.2, 0.25) is 0 Å². The lowest BCUT2D eigenvalue weighted by molar-refractivity contribution is -0.140. The molecular weight excluding hydrogens is 378 g/mol. The normalized spacial score (nSPS) is 10.3. The van der Waals surface area contributed by atoms with Gasteiger partial charge in [-0.05, 0) is 35.0 Å². The van der Waals surface area contributed by atoms with Gasteiger partial charge < -0.3 is 14.8 Å². The van der Waals surface area contributed by atoms with E-state index in [1.54, 1.807) is 0 Å². The number of halogens is 2. The fourth-order valence-corrected chi connectivity index (χ4v) is 2.99. The van der Waals surface area contributed by atoms with Gasteiger partial charge in [0.05, 0.1) is 24.6 Å². The minimum atomic E-state index is -0.215. The number of carbonyl (C=O) groups excluding carboxylic acids is 1. The molecule has 0 radical (unpaired) electrons. The molecule has 0 saturated heterocycles. The fourth-order valence-electron chi connectivity index (χ4n) is 1.57. The number of nitrogens with one attached hydrogen (secondary N) is 1. The van der Waals surface area contributed by atoms with Gasteiger partial charge in [0.1, 0.15) is 5.75 Å². The first-order valence-corrected chi connectivity index (χ1v) is 7.55. The van der Waals surface area contributed by atoms with Crippen LogP contribution in [0.2, 0.25) is 0 Å². The third-order valence-electron chi connectivity index (χ3n) is 2.42. The van der Waals surface area contributed by atoms with Gasteiger partial charge in [-0.1, -0.05) is 15.9 Å². The van der Waals surface area contributed by atoms with Gasteiger partial charge >= 0.3 is 5.97 Å². The van der Waals surface area contributed by atoms with Crippen molar-refractivity contribution in [2.45, 2.75) is 19.9 Å². The smallest absolute Gasteiger partial charge is 0.306 e. The lowest BCUT2D eigenvalue weighted by atomic mass is 10.2. The first kappa shape index (κ1) is 16.5. The zero-order valence-corrected chi connectivity index (χ0v) is 14.1. The van der Waals surface area contributed by atoms with E-state index in [4.69, 9.17) is 4.74 Å². The maximum absolute atomic E-state index is 11.0. The van der Waals surface area contributed by atoms with Crippen molar-refractivity contribution >= 4 is 37.8 Å². The lowest BCUT2D eigenvalue weighted by Crippen LogP contribution is -2.19. The highest BCUT2D eigenvalue weighted by Gasteiger charge is 2.10. The van der Waals surface area contributed by atoms with Crippen LogP contribution in [-0.2, 0) is 16.1 Å². The zero-order valence-electron chi connectivity index (χ0n) is 11.0. The van der Waals surface area contributed by atoms with Crippen molar-refractivity contribution in [3.8, 4) is 5.75 Å². The molecule has 0 aliphatic rings. The second kappa shape index (κ2) is 8.55. The largest absolute Gasteiger partial charge is 0.492 e. The summed E-state index contributed by atoms with van der Waals surface area (Å²) in [6.07, 6.45) is 0.357. The van der Waals surface area contributed by atoms with E-state index in [1.807, 2.05) is 19.1 Å². The Kier molecular flexibility index (Phi) is 7.41. The molecule has 0 saturated carbocycles. The van der Waals surface area contributed by atoms with E-state index < -0.39 is 0 Å². The summed E-state index contributed by atoms with van der Waals surface area (Å²) >= 11 is 6.94. The molecule has 1 rings (SSSR count). The lowest BCUT2D eigenvalue weighted by Gasteiger charge is -2.13. The van der Waals surface area contributed by atoms with Crippen molar-refractivity contribution < 1.29 is 14.3 Å². The SMILES string of the molecule is CCOc1c(Br)cc(Br)cc1CNCCC(=O)OC. The Labute approximate surface area is 130 Å². The van der Waals surface area contributed by atoms with Crippen LogP contribution in [0.5, 0.6) is 5.75 Å². The highest BCUT2D eigenvalue weighted by atomic mass is 79.9. The van der Waals surface area contributed by atoms with Crippen molar-refractivity contribution in [2.24, 2.45) is 0 Å². The minimum Gasteiger partial charge on any atom is -0.492 e. The van der Waals surface area contributed by atoms with E-state index in [2.05, 4.69) is 41.9 Å². The molecule has 4 nitrogen and oxygen atoms in total. The van der Waals surface area contributed by atoms with Crippen LogP contribution >= 0.6 is 31.9 Å². The van der Waals surface area contributed by atoms with Gasteiger partial charge in [-0.2, -0.15) is 0 Å². The van der Waals surface area contributed by atoms with Gasteiger partial charge in [0.15, 0.2) is 0 Å². The van der Waals surface area contributed by atoms with Gasteiger partial charge in [0.25, 0.3) is 0 Å². The van der Waals surface area contributed by atoms with Crippen LogP contribution in [0.25, 0.3) is 0 Å². The summed E-state index contributed by atoms with van der Waals surface area (Å²) in [6.45, 7) is 3.76. The summed E-state index contributed by atoms with van der Waals surface area (Å²) in [7, 11) is 1.39. The number of methoxy groups -OCH3 is 1. The number of rotatable bonds is 7. The van der Waals surface area contributed by atoms with Crippen LogP contribution in [0, 0.1) is 0 Å². The molecule has 0 fully saturated rings. The van der Waals surface area contributed by atoms with Crippen molar-refractivity contribution in [1.29, 1.82) is 0 Å². The molecule has 0 heterocycles.